The number of aliphatic hydroxyl groups excluding tert-OH is 1. The number of likely N-dealkylation sites (tertiary alicyclic amines) is 1. The second-order valence-electron chi connectivity index (χ2n) is 5.60. The van der Waals surface area contributed by atoms with E-state index in [2.05, 4.69) is 29.2 Å². The Balaban J connectivity index is 1.73. The van der Waals surface area contributed by atoms with Gasteiger partial charge in [0, 0.05) is 23.2 Å². The zero-order valence-electron chi connectivity index (χ0n) is 12.0. The molecule has 1 heterocycles. The maximum Gasteiger partial charge on any atom is 0.0931 e. The molecular weight excluding hydrogens is 282 g/mol. The van der Waals surface area contributed by atoms with E-state index >= 15 is 0 Å². The minimum atomic E-state index is -0.539. The van der Waals surface area contributed by atoms with Crippen LogP contribution in [0.1, 0.15) is 36.1 Å². The monoisotopic (exact) mass is 301 g/mol. The van der Waals surface area contributed by atoms with E-state index in [1.54, 1.807) is 0 Å². The molecule has 1 fully saturated rings. The summed E-state index contributed by atoms with van der Waals surface area (Å²) in [5.74, 6) is 0. The minimum absolute atomic E-state index is 0.406. The van der Waals surface area contributed by atoms with E-state index in [0.29, 0.717) is 17.6 Å². The van der Waals surface area contributed by atoms with Gasteiger partial charge in [-0.25, -0.2) is 0 Å². The summed E-state index contributed by atoms with van der Waals surface area (Å²) in [5, 5.41) is 11.1. The molecule has 3 rings (SSSR count). The second kappa shape index (κ2) is 6.61. The fourth-order valence-electron chi connectivity index (χ4n) is 3.16. The highest BCUT2D eigenvalue weighted by Gasteiger charge is 2.28. The zero-order valence-corrected chi connectivity index (χ0v) is 12.7. The lowest BCUT2D eigenvalue weighted by molar-refractivity contribution is 0.106. The van der Waals surface area contributed by atoms with Crippen LogP contribution in [0.15, 0.2) is 54.6 Å². The van der Waals surface area contributed by atoms with Gasteiger partial charge < -0.3 is 5.11 Å². The van der Waals surface area contributed by atoms with Gasteiger partial charge in [-0.3, -0.25) is 4.90 Å². The number of hydrogen-bond acceptors (Lipinski definition) is 2. The first-order valence-electron chi connectivity index (χ1n) is 7.47. The van der Waals surface area contributed by atoms with Crippen LogP contribution in [0, 0.1) is 0 Å². The number of hydrogen-bond donors (Lipinski definition) is 1. The van der Waals surface area contributed by atoms with E-state index in [0.717, 1.165) is 18.5 Å². The molecule has 0 radical (unpaired) electrons. The van der Waals surface area contributed by atoms with Gasteiger partial charge in [0.25, 0.3) is 0 Å². The molecule has 21 heavy (non-hydrogen) atoms. The van der Waals surface area contributed by atoms with Gasteiger partial charge in [0.05, 0.1) is 6.10 Å². The number of aliphatic hydroxyl groups is 1. The molecule has 110 valence electrons. The molecule has 0 amide bonds. The number of rotatable bonds is 4. The van der Waals surface area contributed by atoms with Crippen molar-refractivity contribution in [3.05, 3.63) is 70.7 Å². The van der Waals surface area contributed by atoms with E-state index < -0.39 is 6.10 Å². The van der Waals surface area contributed by atoms with Gasteiger partial charge in [0.2, 0.25) is 0 Å². The highest BCUT2D eigenvalue weighted by Crippen LogP contribution is 2.34. The van der Waals surface area contributed by atoms with Gasteiger partial charge in [-0.05, 0) is 31.0 Å². The first-order chi connectivity index (χ1) is 10.3. The molecule has 0 aromatic heterocycles. The SMILES string of the molecule is O[C@@H](CN1CCC[C@H]1c1ccccc1)c1ccccc1Cl. The van der Waals surface area contributed by atoms with Crippen molar-refractivity contribution in [1.29, 1.82) is 0 Å². The quantitative estimate of drug-likeness (QED) is 0.914. The lowest BCUT2D eigenvalue weighted by Crippen LogP contribution is -2.28. The van der Waals surface area contributed by atoms with Gasteiger partial charge in [0.15, 0.2) is 0 Å². The Morgan fingerprint density at radius 2 is 1.81 bits per heavy atom. The fraction of sp³-hybridized carbons (Fsp3) is 0.333. The normalized spacial score (nSPS) is 20.6. The second-order valence-corrected chi connectivity index (χ2v) is 6.01. The third kappa shape index (κ3) is 3.29. The molecule has 1 aliphatic heterocycles. The number of nitrogens with zero attached hydrogens (tertiary/aromatic N) is 1. The van der Waals surface area contributed by atoms with Crippen molar-refractivity contribution < 1.29 is 5.11 Å². The Labute approximate surface area is 131 Å². The van der Waals surface area contributed by atoms with E-state index in [-0.39, 0.29) is 0 Å². The number of β-amino-alcohol motifs (C(OH)–C–C–N with tert-alkyl or cyclic N) is 1. The summed E-state index contributed by atoms with van der Waals surface area (Å²) in [6, 6.07) is 18.5. The summed E-state index contributed by atoms with van der Waals surface area (Å²) in [4.78, 5) is 2.36. The van der Waals surface area contributed by atoms with E-state index in [1.807, 2.05) is 30.3 Å². The van der Waals surface area contributed by atoms with Crippen molar-refractivity contribution in [3.8, 4) is 0 Å². The molecule has 2 aromatic rings. The molecule has 0 unspecified atom stereocenters. The summed E-state index contributed by atoms with van der Waals surface area (Å²) in [6.07, 6.45) is 1.79. The van der Waals surface area contributed by atoms with Gasteiger partial charge in [-0.2, -0.15) is 0 Å². The van der Waals surface area contributed by atoms with Crippen molar-refractivity contribution >= 4 is 11.6 Å². The predicted octanol–water partition coefficient (Wildman–Crippen LogP) is 4.21. The lowest BCUT2D eigenvalue weighted by Gasteiger charge is -2.27. The van der Waals surface area contributed by atoms with Crippen LogP contribution < -0.4 is 0 Å². The molecular formula is C18H20ClNO. The van der Waals surface area contributed by atoms with Crippen molar-refractivity contribution in [2.45, 2.75) is 25.0 Å². The van der Waals surface area contributed by atoms with E-state index in [9.17, 15) is 5.11 Å². The van der Waals surface area contributed by atoms with Crippen LogP contribution in [0.3, 0.4) is 0 Å². The fourth-order valence-corrected chi connectivity index (χ4v) is 3.42. The zero-order chi connectivity index (χ0) is 14.7. The third-order valence-corrected chi connectivity index (χ3v) is 4.56. The lowest BCUT2D eigenvalue weighted by atomic mass is 10.0. The molecule has 0 saturated carbocycles. The van der Waals surface area contributed by atoms with Gasteiger partial charge >= 0.3 is 0 Å². The Hall–Kier alpha value is -1.35. The molecule has 1 N–H and O–H groups in total. The average Bonchev–Trinajstić information content (AvgIpc) is 2.96. The topological polar surface area (TPSA) is 23.5 Å². The molecule has 0 bridgehead atoms. The number of benzene rings is 2. The Kier molecular flexibility index (Phi) is 4.59. The molecule has 1 saturated heterocycles. The van der Waals surface area contributed by atoms with Crippen LogP contribution in [0.4, 0.5) is 0 Å². The molecule has 2 atom stereocenters. The maximum atomic E-state index is 10.5. The molecule has 0 aliphatic carbocycles. The van der Waals surface area contributed by atoms with Crippen LogP contribution in [0.2, 0.25) is 5.02 Å². The minimum Gasteiger partial charge on any atom is -0.387 e. The smallest absolute Gasteiger partial charge is 0.0931 e. The van der Waals surface area contributed by atoms with Gasteiger partial charge in [-0.15, -0.1) is 0 Å². The Morgan fingerprint density at radius 1 is 1.10 bits per heavy atom. The summed E-state index contributed by atoms with van der Waals surface area (Å²) >= 11 is 6.18. The highest BCUT2D eigenvalue weighted by molar-refractivity contribution is 6.31. The Morgan fingerprint density at radius 3 is 2.57 bits per heavy atom. The van der Waals surface area contributed by atoms with E-state index in [1.165, 1.54) is 12.0 Å². The summed E-state index contributed by atoms with van der Waals surface area (Å²) in [5.41, 5.74) is 2.15. The highest BCUT2D eigenvalue weighted by atomic mass is 35.5. The van der Waals surface area contributed by atoms with Crippen LogP contribution in [0.25, 0.3) is 0 Å². The predicted molar refractivity (Wildman–Crippen MR) is 86.4 cm³/mol. The molecule has 2 aromatic carbocycles. The van der Waals surface area contributed by atoms with Gasteiger partial charge in [-0.1, -0.05) is 60.1 Å². The largest absolute Gasteiger partial charge is 0.387 e. The van der Waals surface area contributed by atoms with Crippen molar-refractivity contribution in [2.75, 3.05) is 13.1 Å². The molecule has 0 spiro atoms. The number of halogens is 1. The van der Waals surface area contributed by atoms with Crippen molar-refractivity contribution in [3.63, 3.8) is 0 Å². The molecule has 3 heteroatoms. The molecule has 1 aliphatic rings. The van der Waals surface area contributed by atoms with Crippen LogP contribution in [-0.4, -0.2) is 23.1 Å². The first kappa shape index (κ1) is 14.6. The van der Waals surface area contributed by atoms with Crippen molar-refractivity contribution in [2.24, 2.45) is 0 Å². The first-order valence-corrected chi connectivity index (χ1v) is 7.85. The standard InChI is InChI=1S/C18H20ClNO/c19-16-10-5-4-9-15(16)18(21)13-20-12-6-11-17(20)14-7-2-1-3-8-14/h1-5,7-10,17-18,21H,6,11-13H2/t17-,18-/m0/s1. The summed E-state index contributed by atoms with van der Waals surface area (Å²) in [7, 11) is 0. The van der Waals surface area contributed by atoms with Crippen LogP contribution in [-0.2, 0) is 0 Å². The summed E-state index contributed by atoms with van der Waals surface area (Å²) in [6.45, 7) is 1.66. The maximum absolute atomic E-state index is 10.5. The van der Waals surface area contributed by atoms with Crippen LogP contribution in [0.5, 0.6) is 0 Å². The van der Waals surface area contributed by atoms with Gasteiger partial charge in [0.1, 0.15) is 0 Å². The Bertz CT molecular complexity index is 587. The summed E-state index contributed by atoms with van der Waals surface area (Å²) < 4.78 is 0. The van der Waals surface area contributed by atoms with Crippen molar-refractivity contribution in [1.82, 2.24) is 4.90 Å². The average molecular weight is 302 g/mol. The van der Waals surface area contributed by atoms with E-state index in [4.69, 9.17) is 11.6 Å². The molecule has 2 nitrogen and oxygen atoms in total. The van der Waals surface area contributed by atoms with Crippen LogP contribution >= 0.6 is 11.6 Å². The third-order valence-electron chi connectivity index (χ3n) is 4.22.